The molecule has 0 unspecified atom stereocenters. The third-order valence-electron chi connectivity index (χ3n) is 5.95. The molecule has 0 aromatic heterocycles. The van der Waals surface area contributed by atoms with Gasteiger partial charge in [-0.3, -0.25) is 14.0 Å². The fourth-order valence-electron chi connectivity index (χ4n) is 3.93. The van der Waals surface area contributed by atoms with E-state index in [9.17, 15) is 13.2 Å². The van der Waals surface area contributed by atoms with Gasteiger partial charge < -0.3 is 10.1 Å². The first-order valence-electron chi connectivity index (χ1n) is 11.5. The van der Waals surface area contributed by atoms with Gasteiger partial charge in [0.05, 0.1) is 11.9 Å². The van der Waals surface area contributed by atoms with Crippen molar-refractivity contribution in [1.29, 1.82) is 0 Å². The lowest BCUT2D eigenvalue weighted by molar-refractivity contribution is -0.128. The van der Waals surface area contributed by atoms with E-state index in [1.165, 1.54) is 36.2 Å². The van der Waals surface area contributed by atoms with Crippen LogP contribution in [-0.4, -0.2) is 51.7 Å². The minimum absolute atomic E-state index is 0.170. The number of ether oxygens (including phenoxy) is 1. The zero-order valence-corrected chi connectivity index (χ0v) is 20.6. The number of amides is 1. The van der Waals surface area contributed by atoms with Crippen LogP contribution in [0.3, 0.4) is 0 Å². The molecule has 1 N–H and O–H groups in total. The number of carbonyl (C=O) groups excluding carboxylic acids is 1. The Balaban J connectivity index is 1.54. The summed E-state index contributed by atoms with van der Waals surface area (Å²) in [4.78, 5) is 15.2. The average molecular weight is 474 g/mol. The number of nitrogens with one attached hydrogen (secondary N) is 1. The van der Waals surface area contributed by atoms with E-state index in [1.54, 1.807) is 24.3 Å². The van der Waals surface area contributed by atoms with Crippen LogP contribution in [0.25, 0.3) is 0 Å². The summed E-state index contributed by atoms with van der Waals surface area (Å²) in [6.45, 7) is 5.61. The molecule has 8 heteroatoms. The Bertz CT molecular complexity index is 1020. The van der Waals surface area contributed by atoms with Crippen LogP contribution in [0.1, 0.15) is 43.7 Å². The minimum Gasteiger partial charge on any atom is -0.481 e. The second kappa shape index (κ2) is 11.5. The molecule has 0 bridgehead atoms. The number of rotatable bonds is 10. The molecule has 1 aliphatic heterocycles. The Morgan fingerprint density at radius 1 is 1.09 bits per heavy atom. The lowest BCUT2D eigenvalue weighted by Crippen LogP contribution is -2.37. The largest absolute Gasteiger partial charge is 0.481 e. The highest BCUT2D eigenvalue weighted by atomic mass is 32.2. The van der Waals surface area contributed by atoms with E-state index in [4.69, 9.17) is 4.74 Å². The summed E-state index contributed by atoms with van der Waals surface area (Å²) in [7, 11) is -1.83. The number of anilines is 1. The highest BCUT2D eigenvalue weighted by Crippen LogP contribution is 2.21. The molecule has 2 aromatic carbocycles. The molecule has 0 aliphatic carbocycles. The van der Waals surface area contributed by atoms with E-state index < -0.39 is 16.1 Å². The third-order valence-corrected chi connectivity index (χ3v) is 7.16. The molecule has 0 spiro atoms. The van der Waals surface area contributed by atoms with Crippen molar-refractivity contribution in [2.45, 2.75) is 51.8 Å². The second-order valence-electron chi connectivity index (χ2n) is 8.61. The fourth-order valence-corrected chi connectivity index (χ4v) is 4.43. The Kier molecular flexibility index (Phi) is 8.74. The predicted octanol–water partition coefficient (Wildman–Crippen LogP) is 3.54. The summed E-state index contributed by atoms with van der Waals surface area (Å²) >= 11 is 0. The lowest BCUT2D eigenvalue weighted by Gasteiger charge is -2.26. The molecular weight excluding hydrogens is 438 g/mol. The molecule has 2 aromatic rings. The standard InChI is InChI=1S/C25H35N3O4S/c1-4-24(32-23-13-11-22(12-14-23)27(2)33(3,30)31)25(29)26-18-20-9-8-10-21(17-20)19-28-15-6-5-7-16-28/h8-14,17,24H,4-7,15-16,18-19H2,1-3H3,(H,26,29)/t24-/m0/s1. The van der Waals surface area contributed by atoms with E-state index in [1.807, 2.05) is 19.1 Å². The number of hydrogen-bond donors (Lipinski definition) is 1. The highest BCUT2D eigenvalue weighted by Gasteiger charge is 2.19. The number of nitrogens with zero attached hydrogens (tertiary/aromatic N) is 2. The van der Waals surface area contributed by atoms with Crippen LogP contribution < -0.4 is 14.4 Å². The Hall–Kier alpha value is -2.58. The molecule has 33 heavy (non-hydrogen) atoms. The molecular formula is C25H35N3O4S. The smallest absolute Gasteiger partial charge is 0.261 e. The van der Waals surface area contributed by atoms with Gasteiger partial charge in [0.2, 0.25) is 10.0 Å². The van der Waals surface area contributed by atoms with Crippen LogP contribution in [0, 0.1) is 0 Å². The molecule has 1 saturated heterocycles. The quantitative estimate of drug-likeness (QED) is 0.571. The molecule has 180 valence electrons. The van der Waals surface area contributed by atoms with Crippen molar-refractivity contribution >= 4 is 21.6 Å². The van der Waals surface area contributed by atoms with Crippen LogP contribution in [0.5, 0.6) is 5.75 Å². The molecule has 0 radical (unpaired) electrons. The summed E-state index contributed by atoms with van der Waals surface area (Å²) in [5, 5.41) is 2.99. The summed E-state index contributed by atoms with van der Waals surface area (Å²) in [6.07, 6.45) is 4.91. The van der Waals surface area contributed by atoms with Gasteiger partial charge in [0, 0.05) is 20.1 Å². The summed E-state index contributed by atoms with van der Waals surface area (Å²) in [5.41, 5.74) is 2.87. The maximum atomic E-state index is 12.7. The molecule has 1 aliphatic rings. The fraction of sp³-hybridized carbons (Fsp3) is 0.480. The van der Waals surface area contributed by atoms with Crippen LogP contribution in [0.2, 0.25) is 0 Å². The molecule has 0 saturated carbocycles. The Labute approximate surface area is 197 Å². The maximum Gasteiger partial charge on any atom is 0.261 e. The number of piperidine rings is 1. The first-order valence-corrected chi connectivity index (χ1v) is 13.4. The number of carbonyl (C=O) groups is 1. The molecule has 3 rings (SSSR count). The van der Waals surface area contributed by atoms with E-state index in [-0.39, 0.29) is 5.91 Å². The normalized spacial score (nSPS) is 15.6. The maximum absolute atomic E-state index is 12.7. The molecule has 1 atom stereocenters. The number of sulfonamides is 1. The first kappa shape index (κ1) is 25.1. The van der Waals surface area contributed by atoms with E-state index in [0.717, 1.165) is 31.5 Å². The van der Waals surface area contributed by atoms with Crippen molar-refractivity contribution in [2.75, 3.05) is 30.7 Å². The SMILES string of the molecule is CC[C@H](Oc1ccc(N(C)S(C)(=O)=O)cc1)C(=O)NCc1cccc(CN2CCCCC2)c1. The van der Waals surface area contributed by atoms with Gasteiger partial charge in [-0.1, -0.05) is 37.6 Å². The number of hydrogen-bond acceptors (Lipinski definition) is 5. The van der Waals surface area contributed by atoms with Crippen molar-refractivity contribution in [1.82, 2.24) is 10.2 Å². The van der Waals surface area contributed by atoms with Gasteiger partial charge in [0.15, 0.2) is 6.10 Å². The van der Waals surface area contributed by atoms with E-state index >= 15 is 0 Å². The van der Waals surface area contributed by atoms with E-state index in [0.29, 0.717) is 24.4 Å². The highest BCUT2D eigenvalue weighted by molar-refractivity contribution is 7.92. The van der Waals surface area contributed by atoms with Crippen molar-refractivity contribution in [3.8, 4) is 5.75 Å². The van der Waals surface area contributed by atoms with Crippen LogP contribution in [0.15, 0.2) is 48.5 Å². The zero-order chi connectivity index (χ0) is 23.8. The minimum atomic E-state index is -3.33. The van der Waals surface area contributed by atoms with Crippen molar-refractivity contribution in [3.05, 3.63) is 59.7 Å². The summed E-state index contributed by atoms with van der Waals surface area (Å²) in [5.74, 6) is 0.349. The number of likely N-dealkylation sites (tertiary alicyclic amines) is 1. The van der Waals surface area contributed by atoms with Gasteiger partial charge in [-0.2, -0.15) is 0 Å². The van der Waals surface area contributed by atoms with Crippen LogP contribution in [-0.2, 0) is 27.9 Å². The number of benzene rings is 2. The monoisotopic (exact) mass is 473 g/mol. The van der Waals surface area contributed by atoms with Crippen molar-refractivity contribution in [2.24, 2.45) is 0 Å². The van der Waals surface area contributed by atoms with Gasteiger partial charge in [-0.15, -0.1) is 0 Å². The van der Waals surface area contributed by atoms with Gasteiger partial charge in [-0.25, -0.2) is 8.42 Å². The Morgan fingerprint density at radius 3 is 2.39 bits per heavy atom. The molecule has 7 nitrogen and oxygen atoms in total. The molecule has 1 heterocycles. The van der Waals surface area contributed by atoms with Gasteiger partial charge in [-0.05, 0) is 67.7 Å². The average Bonchev–Trinajstić information content (AvgIpc) is 2.81. The predicted molar refractivity (Wildman–Crippen MR) is 132 cm³/mol. The van der Waals surface area contributed by atoms with Crippen LogP contribution >= 0.6 is 0 Å². The van der Waals surface area contributed by atoms with E-state index in [2.05, 4.69) is 22.3 Å². The third kappa shape index (κ3) is 7.47. The molecule has 1 fully saturated rings. The first-order chi connectivity index (χ1) is 15.8. The lowest BCUT2D eigenvalue weighted by atomic mass is 10.1. The zero-order valence-electron chi connectivity index (χ0n) is 19.8. The summed E-state index contributed by atoms with van der Waals surface area (Å²) < 4.78 is 30.4. The topological polar surface area (TPSA) is 78.9 Å². The summed E-state index contributed by atoms with van der Waals surface area (Å²) in [6, 6.07) is 15.1. The van der Waals surface area contributed by atoms with Gasteiger partial charge in [0.25, 0.3) is 5.91 Å². The van der Waals surface area contributed by atoms with Gasteiger partial charge >= 0.3 is 0 Å². The second-order valence-corrected chi connectivity index (χ2v) is 10.6. The van der Waals surface area contributed by atoms with Crippen LogP contribution in [0.4, 0.5) is 5.69 Å². The Morgan fingerprint density at radius 2 is 1.76 bits per heavy atom. The molecule has 1 amide bonds. The van der Waals surface area contributed by atoms with Crippen molar-refractivity contribution in [3.63, 3.8) is 0 Å². The van der Waals surface area contributed by atoms with Gasteiger partial charge in [0.1, 0.15) is 5.75 Å². The van der Waals surface area contributed by atoms with Crippen molar-refractivity contribution < 1.29 is 17.9 Å².